The molecule has 2 atom stereocenters. The Kier molecular flexibility index (Phi) is 9.54. The molecule has 1 rings (SSSR count). The smallest absolute Gasteiger partial charge is 0.00958 e. The van der Waals surface area contributed by atoms with Crippen molar-refractivity contribution in [3.8, 4) is 0 Å². The molecule has 1 aliphatic carbocycles. The van der Waals surface area contributed by atoms with Gasteiger partial charge in [0.15, 0.2) is 0 Å². The minimum Gasteiger partial charge on any atom is -0.314 e. The van der Waals surface area contributed by atoms with Gasteiger partial charge in [0.2, 0.25) is 0 Å². The highest BCUT2D eigenvalue weighted by atomic mass is 15.1. The fraction of sp³-hybridized carbons (Fsp3) is 1.00. The predicted octanol–water partition coefficient (Wildman–Crippen LogP) is 4.45. The Labute approximate surface area is 127 Å². The fourth-order valence-corrected chi connectivity index (χ4v) is 3.51. The second-order valence-corrected chi connectivity index (χ2v) is 6.88. The second-order valence-electron chi connectivity index (χ2n) is 6.88. The van der Waals surface area contributed by atoms with Gasteiger partial charge in [0.25, 0.3) is 0 Å². The maximum Gasteiger partial charge on any atom is 0.00958 e. The lowest BCUT2D eigenvalue weighted by Crippen LogP contribution is -2.37. The molecule has 1 N–H and O–H groups in total. The molecule has 0 aromatic carbocycles. The minimum absolute atomic E-state index is 0.704. The summed E-state index contributed by atoms with van der Waals surface area (Å²) in [5.74, 6) is 0.925. The van der Waals surface area contributed by atoms with E-state index in [0.717, 1.165) is 12.0 Å². The van der Waals surface area contributed by atoms with Crippen molar-refractivity contribution in [3.05, 3.63) is 0 Å². The average molecular weight is 283 g/mol. The molecule has 1 saturated carbocycles. The van der Waals surface area contributed by atoms with Crippen molar-refractivity contribution in [1.82, 2.24) is 10.2 Å². The molecule has 0 bridgehead atoms. The van der Waals surface area contributed by atoms with Crippen molar-refractivity contribution in [2.24, 2.45) is 5.92 Å². The van der Waals surface area contributed by atoms with E-state index < -0.39 is 0 Å². The Morgan fingerprint density at radius 3 is 2.50 bits per heavy atom. The molecule has 1 fully saturated rings. The lowest BCUT2D eigenvalue weighted by Gasteiger charge is -2.29. The van der Waals surface area contributed by atoms with Crippen molar-refractivity contribution >= 4 is 0 Å². The highest BCUT2D eigenvalue weighted by Crippen LogP contribution is 2.28. The van der Waals surface area contributed by atoms with Gasteiger partial charge in [0, 0.05) is 12.1 Å². The summed E-state index contributed by atoms with van der Waals surface area (Å²) in [5, 5.41) is 3.77. The van der Waals surface area contributed by atoms with Crippen molar-refractivity contribution in [3.63, 3.8) is 0 Å². The van der Waals surface area contributed by atoms with Gasteiger partial charge in [-0.25, -0.2) is 0 Å². The minimum atomic E-state index is 0.704. The van der Waals surface area contributed by atoms with Gasteiger partial charge in [0.05, 0.1) is 0 Å². The van der Waals surface area contributed by atoms with Crippen LogP contribution in [0.25, 0.3) is 0 Å². The van der Waals surface area contributed by atoms with Gasteiger partial charge in [-0.15, -0.1) is 0 Å². The van der Waals surface area contributed by atoms with E-state index in [-0.39, 0.29) is 0 Å². The van der Waals surface area contributed by atoms with E-state index in [1.165, 1.54) is 71.0 Å². The number of nitrogens with one attached hydrogen (secondary N) is 1. The zero-order valence-corrected chi connectivity index (χ0v) is 14.5. The molecule has 0 saturated heterocycles. The van der Waals surface area contributed by atoms with E-state index in [2.05, 4.69) is 37.9 Å². The highest BCUT2D eigenvalue weighted by molar-refractivity contribution is 4.84. The SMILES string of the molecule is CCCCCN(CCC1CCCC1NCCC)C(C)C. The van der Waals surface area contributed by atoms with E-state index in [0.29, 0.717) is 6.04 Å². The zero-order chi connectivity index (χ0) is 14.8. The van der Waals surface area contributed by atoms with Crippen LogP contribution in [0.2, 0.25) is 0 Å². The predicted molar refractivity (Wildman–Crippen MR) is 90.3 cm³/mol. The molecule has 0 radical (unpaired) electrons. The van der Waals surface area contributed by atoms with Crippen LogP contribution in [0.15, 0.2) is 0 Å². The zero-order valence-electron chi connectivity index (χ0n) is 14.5. The molecule has 20 heavy (non-hydrogen) atoms. The molecule has 0 aromatic heterocycles. The van der Waals surface area contributed by atoms with Crippen LogP contribution in [-0.4, -0.2) is 36.6 Å². The fourth-order valence-electron chi connectivity index (χ4n) is 3.51. The monoisotopic (exact) mass is 282 g/mol. The van der Waals surface area contributed by atoms with Crippen LogP contribution in [0.1, 0.15) is 79.1 Å². The first-order valence-electron chi connectivity index (χ1n) is 9.16. The first-order chi connectivity index (χ1) is 9.69. The molecular formula is C18H38N2. The summed E-state index contributed by atoms with van der Waals surface area (Å²) in [6.45, 7) is 13.1. The first kappa shape index (κ1) is 18.0. The van der Waals surface area contributed by atoms with Crippen molar-refractivity contribution < 1.29 is 0 Å². The molecule has 0 aromatic rings. The number of unbranched alkanes of at least 4 members (excludes halogenated alkanes) is 2. The van der Waals surface area contributed by atoms with E-state index >= 15 is 0 Å². The molecule has 0 aliphatic heterocycles. The molecule has 2 heteroatoms. The van der Waals surface area contributed by atoms with Crippen LogP contribution >= 0.6 is 0 Å². The standard InChI is InChI=1S/C18H38N2/c1-5-7-8-14-20(16(3)4)15-12-17-10-9-11-18(17)19-13-6-2/h16-19H,5-15H2,1-4H3. The van der Waals surface area contributed by atoms with Crippen LogP contribution in [0, 0.1) is 5.92 Å². The summed E-state index contributed by atoms with van der Waals surface area (Å²) in [6, 6.07) is 1.51. The van der Waals surface area contributed by atoms with Gasteiger partial charge in [-0.2, -0.15) is 0 Å². The molecule has 2 nitrogen and oxygen atoms in total. The van der Waals surface area contributed by atoms with Gasteiger partial charge in [-0.3, -0.25) is 0 Å². The first-order valence-corrected chi connectivity index (χ1v) is 9.16. The average Bonchev–Trinajstić information content (AvgIpc) is 2.87. The van der Waals surface area contributed by atoms with E-state index in [1.807, 2.05) is 0 Å². The molecule has 0 amide bonds. The summed E-state index contributed by atoms with van der Waals surface area (Å²) >= 11 is 0. The van der Waals surface area contributed by atoms with Gasteiger partial charge in [-0.1, -0.05) is 33.1 Å². The number of hydrogen-bond donors (Lipinski definition) is 1. The van der Waals surface area contributed by atoms with Gasteiger partial charge in [-0.05, 0) is 71.5 Å². The summed E-state index contributed by atoms with van der Waals surface area (Å²) < 4.78 is 0. The summed E-state index contributed by atoms with van der Waals surface area (Å²) in [5.41, 5.74) is 0. The van der Waals surface area contributed by atoms with Crippen LogP contribution in [0.3, 0.4) is 0 Å². The van der Waals surface area contributed by atoms with E-state index in [1.54, 1.807) is 0 Å². The lowest BCUT2D eigenvalue weighted by atomic mass is 9.98. The topological polar surface area (TPSA) is 15.3 Å². The quantitative estimate of drug-likeness (QED) is 0.563. The molecule has 1 aliphatic rings. The largest absolute Gasteiger partial charge is 0.314 e. The van der Waals surface area contributed by atoms with Crippen LogP contribution in [-0.2, 0) is 0 Å². The number of hydrogen-bond acceptors (Lipinski definition) is 2. The number of nitrogens with zero attached hydrogens (tertiary/aromatic N) is 1. The molecule has 120 valence electrons. The van der Waals surface area contributed by atoms with Crippen LogP contribution in [0.5, 0.6) is 0 Å². The highest BCUT2D eigenvalue weighted by Gasteiger charge is 2.26. The van der Waals surface area contributed by atoms with Crippen LogP contribution in [0.4, 0.5) is 0 Å². The maximum absolute atomic E-state index is 3.77. The van der Waals surface area contributed by atoms with Gasteiger partial charge < -0.3 is 10.2 Å². The second kappa shape index (κ2) is 10.6. The molecule has 2 unspecified atom stereocenters. The Hall–Kier alpha value is -0.0800. The third kappa shape index (κ3) is 6.58. The summed E-state index contributed by atoms with van der Waals surface area (Å²) in [6.07, 6.45) is 11.0. The lowest BCUT2D eigenvalue weighted by molar-refractivity contribution is 0.195. The van der Waals surface area contributed by atoms with Crippen LogP contribution < -0.4 is 5.32 Å². The Bertz CT molecular complexity index is 225. The molecular weight excluding hydrogens is 244 g/mol. The summed E-state index contributed by atoms with van der Waals surface area (Å²) in [7, 11) is 0. The normalized spacial score (nSPS) is 23.1. The summed E-state index contributed by atoms with van der Waals surface area (Å²) in [4.78, 5) is 2.70. The van der Waals surface area contributed by atoms with E-state index in [4.69, 9.17) is 0 Å². The van der Waals surface area contributed by atoms with Gasteiger partial charge in [0.1, 0.15) is 0 Å². The Balaban J connectivity index is 2.29. The Morgan fingerprint density at radius 1 is 1.05 bits per heavy atom. The number of rotatable bonds is 11. The maximum atomic E-state index is 3.77. The van der Waals surface area contributed by atoms with Crippen molar-refractivity contribution in [2.45, 2.75) is 91.1 Å². The third-order valence-electron chi connectivity index (χ3n) is 4.88. The van der Waals surface area contributed by atoms with E-state index in [9.17, 15) is 0 Å². The Morgan fingerprint density at radius 2 is 1.85 bits per heavy atom. The third-order valence-corrected chi connectivity index (χ3v) is 4.88. The van der Waals surface area contributed by atoms with Crippen molar-refractivity contribution in [1.29, 1.82) is 0 Å². The molecule has 0 heterocycles. The van der Waals surface area contributed by atoms with Crippen molar-refractivity contribution in [2.75, 3.05) is 19.6 Å². The molecule has 0 spiro atoms. The van der Waals surface area contributed by atoms with Gasteiger partial charge >= 0.3 is 0 Å².